The first-order valence-electron chi connectivity index (χ1n) is 4.22. The Hall–Kier alpha value is -0.530. The van der Waals surface area contributed by atoms with Crippen LogP contribution in [-0.4, -0.2) is 28.3 Å². The molecule has 7 heteroatoms. The molecule has 0 atom stereocenters. The van der Waals surface area contributed by atoms with Crippen molar-refractivity contribution >= 4 is 21.7 Å². The maximum atomic E-state index is 10.1. The average Bonchev–Trinajstić information content (AvgIpc) is 2.59. The minimum absolute atomic E-state index is 0.0964. The first kappa shape index (κ1) is 13.5. The molecular formula is C7H14N2O3S2. The molecule has 0 aliphatic carbocycles. The quantitative estimate of drug-likeness (QED) is 0.636. The van der Waals surface area contributed by atoms with Crippen LogP contribution in [0.1, 0.15) is 26.2 Å². The van der Waals surface area contributed by atoms with Crippen molar-refractivity contribution in [1.82, 2.24) is 9.59 Å². The van der Waals surface area contributed by atoms with Gasteiger partial charge < -0.3 is 0 Å². The summed E-state index contributed by atoms with van der Waals surface area (Å²) < 4.78 is 31.9. The van der Waals surface area contributed by atoms with Gasteiger partial charge >= 0.3 is 0 Å². The van der Waals surface area contributed by atoms with Crippen LogP contribution in [0.4, 0.5) is 0 Å². The standard InChI is InChI=1S/C5H12O3S.C2H2N2S/c1-2-3-4-5-9(6,7)8;1-2-5-4-3-1/h2-5H2,1H3,(H,6,7,8);1-2H. The van der Waals surface area contributed by atoms with E-state index in [4.69, 9.17) is 4.55 Å². The highest BCUT2D eigenvalue weighted by Crippen LogP contribution is 1.96. The van der Waals surface area contributed by atoms with Gasteiger partial charge in [-0.3, -0.25) is 4.55 Å². The fourth-order valence-corrected chi connectivity index (χ4v) is 1.51. The predicted octanol–water partition coefficient (Wildman–Crippen LogP) is 1.60. The summed E-state index contributed by atoms with van der Waals surface area (Å²) in [5.41, 5.74) is 0. The lowest BCUT2D eigenvalue weighted by Crippen LogP contribution is -2.02. The number of unbranched alkanes of at least 4 members (excludes halogenated alkanes) is 2. The van der Waals surface area contributed by atoms with E-state index in [-0.39, 0.29) is 5.75 Å². The second kappa shape index (κ2) is 7.84. The highest BCUT2D eigenvalue weighted by Gasteiger charge is 2.01. The van der Waals surface area contributed by atoms with Crippen LogP contribution < -0.4 is 0 Å². The smallest absolute Gasteiger partial charge is 0.264 e. The van der Waals surface area contributed by atoms with Crippen molar-refractivity contribution in [2.75, 3.05) is 5.75 Å². The van der Waals surface area contributed by atoms with E-state index < -0.39 is 10.1 Å². The fraction of sp³-hybridized carbons (Fsp3) is 0.714. The van der Waals surface area contributed by atoms with E-state index in [1.807, 2.05) is 12.3 Å². The summed E-state index contributed by atoms with van der Waals surface area (Å²) in [6.45, 7) is 1.98. The van der Waals surface area contributed by atoms with Gasteiger partial charge in [-0.15, -0.1) is 5.10 Å². The van der Waals surface area contributed by atoms with Gasteiger partial charge in [-0.05, 0) is 18.0 Å². The van der Waals surface area contributed by atoms with E-state index in [0.717, 1.165) is 12.8 Å². The van der Waals surface area contributed by atoms with E-state index in [0.29, 0.717) is 6.42 Å². The second-order valence-electron chi connectivity index (χ2n) is 2.58. The van der Waals surface area contributed by atoms with Gasteiger partial charge in [-0.1, -0.05) is 24.3 Å². The highest BCUT2D eigenvalue weighted by molar-refractivity contribution is 7.85. The Bertz CT molecular complexity index is 280. The zero-order valence-electron chi connectivity index (χ0n) is 7.96. The van der Waals surface area contributed by atoms with Crippen LogP contribution in [0.2, 0.25) is 0 Å². The Morgan fingerprint density at radius 2 is 2.14 bits per heavy atom. The van der Waals surface area contributed by atoms with E-state index in [1.165, 1.54) is 11.5 Å². The van der Waals surface area contributed by atoms with E-state index >= 15 is 0 Å². The Balaban J connectivity index is 0.000000280. The zero-order valence-corrected chi connectivity index (χ0v) is 9.59. The third-order valence-corrected chi connectivity index (χ3v) is 2.53. The molecule has 0 spiro atoms. The molecule has 82 valence electrons. The monoisotopic (exact) mass is 238 g/mol. The molecule has 0 bridgehead atoms. The van der Waals surface area contributed by atoms with Crippen molar-refractivity contribution in [3.63, 3.8) is 0 Å². The summed E-state index contributed by atoms with van der Waals surface area (Å²) >= 11 is 1.35. The minimum Gasteiger partial charge on any atom is -0.286 e. The maximum absolute atomic E-state index is 10.1. The van der Waals surface area contributed by atoms with Crippen LogP contribution in [0.5, 0.6) is 0 Å². The zero-order chi connectivity index (χ0) is 10.9. The second-order valence-corrected chi connectivity index (χ2v) is 4.80. The van der Waals surface area contributed by atoms with E-state index in [9.17, 15) is 8.42 Å². The first-order valence-corrected chi connectivity index (χ1v) is 6.67. The minimum atomic E-state index is -3.70. The summed E-state index contributed by atoms with van der Waals surface area (Å²) in [5, 5.41) is 5.31. The van der Waals surface area contributed by atoms with Gasteiger partial charge in [0, 0.05) is 5.38 Å². The van der Waals surface area contributed by atoms with Crippen molar-refractivity contribution < 1.29 is 13.0 Å². The molecule has 0 fully saturated rings. The van der Waals surface area contributed by atoms with Crippen LogP contribution in [0.25, 0.3) is 0 Å². The predicted molar refractivity (Wildman–Crippen MR) is 55.8 cm³/mol. The van der Waals surface area contributed by atoms with Crippen LogP contribution >= 0.6 is 11.5 Å². The molecule has 14 heavy (non-hydrogen) atoms. The third kappa shape index (κ3) is 11.5. The summed E-state index contributed by atoms with van der Waals surface area (Å²) in [5.74, 6) is -0.0964. The van der Waals surface area contributed by atoms with Crippen LogP contribution in [-0.2, 0) is 10.1 Å². The number of aromatic nitrogens is 2. The summed E-state index contributed by atoms with van der Waals surface area (Å²) in [7, 11) is -3.70. The number of nitrogens with zero attached hydrogens (tertiary/aromatic N) is 2. The Kier molecular flexibility index (Phi) is 7.54. The van der Waals surface area contributed by atoms with Gasteiger partial charge in [0.05, 0.1) is 11.9 Å². The summed E-state index contributed by atoms with van der Waals surface area (Å²) in [6.07, 6.45) is 4.05. The summed E-state index contributed by atoms with van der Waals surface area (Å²) in [4.78, 5) is 0. The largest absolute Gasteiger partial charge is 0.286 e. The van der Waals surface area contributed by atoms with Crippen molar-refractivity contribution in [1.29, 1.82) is 0 Å². The van der Waals surface area contributed by atoms with E-state index in [2.05, 4.69) is 9.59 Å². The molecule has 1 heterocycles. The van der Waals surface area contributed by atoms with Gasteiger partial charge in [-0.2, -0.15) is 8.42 Å². The Morgan fingerprint density at radius 3 is 2.43 bits per heavy atom. The highest BCUT2D eigenvalue weighted by atomic mass is 32.2. The third-order valence-electron chi connectivity index (χ3n) is 1.29. The molecule has 0 aliphatic rings. The van der Waals surface area contributed by atoms with Crippen molar-refractivity contribution in [2.45, 2.75) is 26.2 Å². The molecule has 0 radical (unpaired) electrons. The Labute approximate surface area is 88.1 Å². The normalized spacial score (nSPS) is 10.4. The van der Waals surface area contributed by atoms with E-state index in [1.54, 1.807) is 6.20 Å². The lowest BCUT2D eigenvalue weighted by atomic mass is 10.3. The van der Waals surface area contributed by atoms with Gasteiger partial charge in [0.2, 0.25) is 0 Å². The SMILES string of the molecule is CCCCCS(=O)(=O)O.c1csnn1. The van der Waals surface area contributed by atoms with Crippen molar-refractivity contribution in [2.24, 2.45) is 0 Å². The maximum Gasteiger partial charge on any atom is 0.264 e. The molecule has 5 nitrogen and oxygen atoms in total. The lowest BCUT2D eigenvalue weighted by Gasteiger charge is -1.92. The molecule has 1 N–H and O–H groups in total. The molecule has 1 rings (SSSR count). The summed E-state index contributed by atoms with van der Waals surface area (Å²) in [6, 6.07) is 0. The van der Waals surface area contributed by atoms with Crippen molar-refractivity contribution in [3.8, 4) is 0 Å². The molecule has 0 unspecified atom stereocenters. The molecule has 1 aromatic heterocycles. The first-order chi connectivity index (χ1) is 6.56. The van der Waals surface area contributed by atoms with Gasteiger partial charge in [0.15, 0.2) is 0 Å². The van der Waals surface area contributed by atoms with Crippen molar-refractivity contribution in [3.05, 3.63) is 11.6 Å². The fourth-order valence-electron chi connectivity index (χ4n) is 0.671. The van der Waals surface area contributed by atoms with Crippen LogP contribution in [0.3, 0.4) is 0 Å². The number of rotatable bonds is 4. The molecule has 1 aromatic rings. The molecule has 0 saturated heterocycles. The van der Waals surface area contributed by atoms with Crippen LogP contribution in [0, 0.1) is 0 Å². The molecular weight excluding hydrogens is 224 g/mol. The van der Waals surface area contributed by atoms with Gasteiger partial charge in [0.25, 0.3) is 10.1 Å². The molecule has 0 aromatic carbocycles. The van der Waals surface area contributed by atoms with Crippen LogP contribution in [0.15, 0.2) is 11.6 Å². The molecule has 0 aliphatic heterocycles. The number of hydrogen-bond donors (Lipinski definition) is 1. The number of hydrogen-bond acceptors (Lipinski definition) is 5. The topological polar surface area (TPSA) is 80.2 Å². The van der Waals surface area contributed by atoms with Gasteiger partial charge in [0.1, 0.15) is 0 Å². The average molecular weight is 238 g/mol. The lowest BCUT2D eigenvalue weighted by molar-refractivity contribution is 0.480. The molecule has 0 saturated carbocycles. The van der Waals surface area contributed by atoms with Gasteiger partial charge in [-0.25, -0.2) is 0 Å². The molecule has 0 amide bonds. The Morgan fingerprint density at radius 1 is 1.43 bits per heavy atom.